The number of pyridine rings is 1. The number of nitrogen functional groups attached to an aromatic ring is 1. The first-order valence-electron chi connectivity index (χ1n) is 4.49. The van der Waals surface area contributed by atoms with Gasteiger partial charge in [0, 0.05) is 17.1 Å². The molecule has 0 unspecified atom stereocenters. The van der Waals surface area contributed by atoms with Gasteiger partial charge in [0.25, 0.3) is 0 Å². The van der Waals surface area contributed by atoms with E-state index in [1.807, 2.05) is 0 Å². The summed E-state index contributed by atoms with van der Waals surface area (Å²) in [4.78, 5) is 19.3. The number of aromatic nitrogens is 2. The van der Waals surface area contributed by atoms with Crippen LogP contribution in [0.25, 0.3) is 0 Å². The van der Waals surface area contributed by atoms with E-state index in [-0.39, 0.29) is 17.8 Å². The lowest BCUT2D eigenvalue weighted by molar-refractivity contribution is 0.0991. The van der Waals surface area contributed by atoms with Crippen LogP contribution < -0.4 is 5.73 Å². The minimum atomic E-state index is -0.524. The van der Waals surface area contributed by atoms with Crippen LogP contribution in [-0.4, -0.2) is 15.8 Å². The number of nitrogens with zero attached hydrogens (tertiary/aromatic N) is 2. The summed E-state index contributed by atoms with van der Waals surface area (Å²) < 4.78 is 12.8. The molecule has 0 aliphatic heterocycles. The Labute approximate surface area is 95.0 Å². The first-order valence-corrected chi connectivity index (χ1v) is 5.37. The smallest absolute Gasteiger partial charge is 0.180 e. The summed E-state index contributed by atoms with van der Waals surface area (Å²) in [6, 6.07) is 1.16. The summed E-state index contributed by atoms with van der Waals surface area (Å²) in [7, 11) is 0. The van der Waals surface area contributed by atoms with Crippen molar-refractivity contribution in [2.45, 2.75) is 6.42 Å². The number of carbonyl (C=O) groups excluding carboxylic acids is 1. The van der Waals surface area contributed by atoms with Gasteiger partial charge in [-0.3, -0.25) is 9.78 Å². The standard InChI is InChI=1S/C10H8FN3OS/c11-7-1-6(3-13-4-7)9(15)2-8-5-16-10(12)14-8/h1,3-5H,2H2,(H2,12,14). The molecule has 0 saturated carbocycles. The van der Waals surface area contributed by atoms with Gasteiger partial charge in [-0.1, -0.05) is 0 Å². The van der Waals surface area contributed by atoms with Gasteiger partial charge in [-0.15, -0.1) is 11.3 Å². The van der Waals surface area contributed by atoms with Crippen LogP contribution in [0.15, 0.2) is 23.8 Å². The van der Waals surface area contributed by atoms with Gasteiger partial charge < -0.3 is 5.73 Å². The summed E-state index contributed by atoms with van der Waals surface area (Å²) in [5.41, 5.74) is 6.28. The monoisotopic (exact) mass is 237 g/mol. The molecule has 2 N–H and O–H groups in total. The molecule has 2 rings (SSSR count). The highest BCUT2D eigenvalue weighted by molar-refractivity contribution is 7.13. The van der Waals surface area contributed by atoms with Crippen molar-refractivity contribution < 1.29 is 9.18 Å². The van der Waals surface area contributed by atoms with Crippen molar-refractivity contribution in [3.8, 4) is 0 Å². The zero-order chi connectivity index (χ0) is 11.5. The molecule has 0 radical (unpaired) electrons. The number of anilines is 1. The maximum absolute atomic E-state index is 12.8. The van der Waals surface area contributed by atoms with E-state index in [1.165, 1.54) is 17.5 Å². The van der Waals surface area contributed by atoms with E-state index in [0.717, 1.165) is 12.3 Å². The van der Waals surface area contributed by atoms with E-state index in [1.54, 1.807) is 5.38 Å². The van der Waals surface area contributed by atoms with Crippen LogP contribution in [0.4, 0.5) is 9.52 Å². The fourth-order valence-electron chi connectivity index (χ4n) is 1.23. The average Bonchev–Trinajstić information content (AvgIpc) is 2.64. The van der Waals surface area contributed by atoms with Gasteiger partial charge >= 0.3 is 0 Å². The first-order chi connectivity index (χ1) is 7.65. The van der Waals surface area contributed by atoms with Crippen molar-refractivity contribution in [3.63, 3.8) is 0 Å². The second-order valence-electron chi connectivity index (χ2n) is 3.17. The highest BCUT2D eigenvalue weighted by atomic mass is 32.1. The summed E-state index contributed by atoms with van der Waals surface area (Å²) in [5.74, 6) is -0.749. The van der Waals surface area contributed by atoms with Crippen LogP contribution in [0, 0.1) is 5.82 Å². The topological polar surface area (TPSA) is 68.9 Å². The number of carbonyl (C=O) groups is 1. The summed E-state index contributed by atoms with van der Waals surface area (Å²) in [6.07, 6.45) is 2.50. The van der Waals surface area contributed by atoms with Gasteiger partial charge in [0.05, 0.1) is 18.3 Å². The van der Waals surface area contributed by atoms with E-state index in [9.17, 15) is 9.18 Å². The largest absolute Gasteiger partial charge is 0.375 e. The molecule has 0 aliphatic carbocycles. The molecule has 16 heavy (non-hydrogen) atoms. The van der Waals surface area contributed by atoms with Crippen molar-refractivity contribution in [1.29, 1.82) is 0 Å². The number of rotatable bonds is 3. The lowest BCUT2D eigenvalue weighted by Gasteiger charge is -1.97. The SMILES string of the molecule is Nc1nc(CC(=O)c2cncc(F)c2)cs1. The molecule has 0 saturated heterocycles. The van der Waals surface area contributed by atoms with Crippen molar-refractivity contribution in [2.75, 3.05) is 5.73 Å². The minimum Gasteiger partial charge on any atom is -0.375 e. The molecule has 2 aromatic heterocycles. The summed E-state index contributed by atoms with van der Waals surface area (Å²) in [6.45, 7) is 0. The van der Waals surface area contributed by atoms with Crippen molar-refractivity contribution in [3.05, 3.63) is 40.9 Å². The van der Waals surface area contributed by atoms with Gasteiger partial charge in [-0.05, 0) is 6.07 Å². The Morgan fingerprint density at radius 3 is 2.94 bits per heavy atom. The van der Waals surface area contributed by atoms with Gasteiger partial charge in [-0.25, -0.2) is 9.37 Å². The van der Waals surface area contributed by atoms with Crippen LogP contribution >= 0.6 is 11.3 Å². The lowest BCUT2D eigenvalue weighted by Crippen LogP contribution is -2.05. The molecule has 0 fully saturated rings. The molecule has 0 spiro atoms. The van der Waals surface area contributed by atoms with E-state index < -0.39 is 5.82 Å². The molecule has 0 bridgehead atoms. The third-order valence-corrected chi connectivity index (χ3v) is 2.66. The molecule has 2 aromatic rings. The second kappa shape index (κ2) is 4.36. The second-order valence-corrected chi connectivity index (χ2v) is 4.06. The number of hydrogen-bond donors (Lipinski definition) is 1. The van der Waals surface area contributed by atoms with E-state index in [4.69, 9.17) is 5.73 Å². The maximum atomic E-state index is 12.8. The van der Waals surface area contributed by atoms with E-state index in [0.29, 0.717) is 10.8 Å². The number of nitrogens with two attached hydrogens (primary N) is 1. The maximum Gasteiger partial charge on any atom is 0.180 e. The van der Waals surface area contributed by atoms with Gasteiger partial charge in [0.15, 0.2) is 10.9 Å². The number of hydrogen-bond acceptors (Lipinski definition) is 5. The summed E-state index contributed by atoms with van der Waals surface area (Å²) >= 11 is 1.27. The zero-order valence-corrected chi connectivity index (χ0v) is 9.00. The number of Topliss-reactive ketones (excluding diaryl/α,β-unsaturated/α-hetero) is 1. The van der Waals surface area contributed by atoms with Crippen molar-refractivity contribution in [2.24, 2.45) is 0 Å². The predicted octanol–water partition coefficient (Wildman–Crippen LogP) is 1.68. The predicted molar refractivity (Wildman–Crippen MR) is 58.8 cm³/mol. The van der Waals surface area contributed by atoms with Crippen LogP contribution in [0.5, 0.6) is 0 Å². The molecule has 0 aliphatic rings. The van der Waals surface area contributed by atoms with Crippen LogP contribution in [0.2, 0.25) is 0 Å². The Balaban J connectivity index is 2.14. The average molecular weight is 237 g/mol. The van der Waals surface area contributed by atoms with Crippen LogP contribution in [0.3, 0.4) is 0 Å². The molecular weight excluding hydrogens is 229 g/mol. The number of halogens is 1. The number of thiazole rings is 1. The Hall–Kier alpha value is -1.82. The molecule has 82 valence electrons. The molecule has 0 aromatic carbocycles. The van der Waals surface area contributed by atoms with Crippen molar-refractivity contribution in [1.82, 2.24) is 9.97 Å². The van der Waals surface area contributed by atoms with Gasteiger partial charge in [0.1, 0.15) is 5.82 Å². The molecule has 6 heteroatoms. The van der Waals surface area contributed by atoms with E-state index >= 15 is 0 Å². The summed E-state index contributed by atoms with van der Waals surface area (Å²) in [5, 5.41) is 2.13. The Bertz CT molecular complexity index is 526. The van der Waals surface area contributed by atoms with Crippen molar-refractivity contribution >= 4 is 22.3 Å². The fraction of sp³-hybridized carbons (Fsp3) is 0.100. The number of ketones is 1. The lowest BCUT2D eigenvalue weighted by atomic mass is 10.1. The van der Waals surface area contributed by atoms with Crippen LogP contribution in [-0.2, 0) is 6.42 Å². The molecule has 0 amide bonds. The van der Waals surface area contributed by atoms with Gasteiger partial charge in [0.2, 0.25) is 0 Å². The molecule has 2 heterocycles. The normalized spacial score (nSPS) is 10.3. The molecule has 4 nitrogen and oxygen atoms in total. The Kier molecular flexibility index (Phi) is 2.91. The fourth-order valence-corrected chi connectivity index (χ4v) is 1.80. The third kappa shape index (κ3) is 2.40. The quantitative estimate of drug-likeness (QED) is 0.825. The molecule has 0 atom stereocenters. The minimum absolute atomic E-state index is 0.110. The van der Waals surface area contributed by atoms with Gasteiger partial charge in [-0.2, -0.15) is 0 Å². The highest BCUT2D eigenvalue weighted by Crippen LogP contribution is 2.13. The highest BCUT2D eigenvalue weighted by Gasteiger charge is 2.10. The van der Waals surface area contributed by atoms with Crippen LogP contribution in [0.1, 0.15) is 16.1 Å². The third-order valence-electron chi connectivity index (χ3n) is 1.94. The Morgan fingerprint density at radius 1 is 1.50 bits per heavy atom. The zero-order valence-electron chi connectivity index (χ0n) is 8.18. The van der Waals surface area contributed by atoms with E-state index in [2.05, 4.69) is 9.97 Å². The Morgan fingerprint density at radius 2 is 2.31 bits per heavy atom. The molecular formula is C10H8FN3OS. The first kappa shape index (κ1) is 10.7.